The van der Waals surface area contributed by atoms with Crippen molar-refractivity contribution in [3.05, 3.63) is 11.8 Å². The number of carboxylic acids is 1. The molecule has 0 saturated carbocycles. The molecule has 0 spiro atoms. The molecule has 7 heteroatoms. The molecule has 0 unspecified atom stereocenters. The Kier molecular flexibility index (Phi) is 4.97. The molecule has 2 aliphatic rings. The van der Waals surface area contributed by atoms with Crippen LogP contribution in [-0.2, 0) is 19.1 Å². The van der Waals surface area contributed by atoms with E-state index in [4.69, 9.17) is 4.74 Å². The lowest BCUT2D eigenvalue weighted by Crippen LogP contribution is -2.58. The van der Waals surface area contributed by atoms with Crippen molar-refractivity contribution in [2.75, 3.05) is 0 Å². The second-order valence-corrected chi connectivity index (χ2v) is 6.48. The van der Waals surface area contributed by atoms with E-state index in [1.807, 2.05) is 13.8 Å². The van der Waals surface area contributed by atoms with Crippen LogP contribution in [0.1, 0.15) is 40.5 Å². The lowest BCUT2D eigenvalue weighted by molar-refractivity contribution is -0.151. The van der Waals surface area contributed by atoms with Crippen molar-refractivity contribution < 1.29 is 24.2 Å². The number of carbonyl (C=O) groups is 3. The molecule has 128 valence electrons. The van der Waals surface area contributed by atoms with Gasteiger partial charge in [-0.3, -0.25) is 9.59 Å². The molecule has 7 nitrogen and oxygen atoms in total. The van der Waals surface area contributed by atoms with Crippen LogP contribution in [0.4, 0.5) is 0 Å². The molecule has 2 amide bonds. The Morgan fingerprint density at radius 3 is 2.26 bits per heavy atom. The second-order valence-electron chi connectivity index (χ2n) is 6.48. The van der Waals surface area contributed by atoms with Gasteiger partial charge in [0.25, 0.3) is 5.91 Å². The normalized spacial score (nSPS) is 33.7. The molecule has 0 aliphatic carbocycles. The van der Waals surface area contributed by atoms with Gasteiger partial charge in [0.2, 0.25) is 11.7 Å². The van der Waals surface area contributed by atoms with Gasteiger partial charge in [-0.1, -0.05) is 6.92 Å². The molecule has 2 N–H and O–H groups in total. The number of carbonyl (C=O) groups excluding carboxylic acids is 2. The highest BCUT2D eigenvalue weighted by molar-refractivity contribution is 5.88. The number of hydrogen-bond donors (Lipinski definition) is 2. The fourth-order valence-electron chi connectivity index (χ4n) is 3.41. The standard InChI is InChI=1S/C16H24N2O5/c1-8-7-12(16(21)22)23-14(13(8)17-11(4)19)15(20)18-9(2)5-6-10(18)3/h7-10,13-14H,5-6H2,1-4H3,(H,17,19)(H,21,22)/t8-,9-,10-,13+,14+/m0/s1. The van der Waals surface area contributed by atoms with Crippen LogP contribution in [0.3, 0.4) is 0 Å². The van der Waals surface area contributed by atoms with Gasteiger partial charge in [-0.25, -0.2) is 4.79 Å². The van der Waals surface area contributed by atoms with Gasteiger partial charge >= 0.3 is 5.97 Å². The van der Waals surface area contributed by atoms with Crippen molar-refractivity contribution >= 4 is 17.8 Å². The van der Waals surface area contributed by atoms with E-state index in [0.717, 1.165) is 12.8 Å². The van der Waals surface area contributed by atoms with E-state index in [0.29, 0.717) is 0 Å². The molecule has 2 rings (SSSR count). The molecule has 0 bridgehead atoms. The molecule has 0 aromatic heterocycles. The highest BCUT2D eigenvalue weighted by atomic mass is 16.5. The van der Waals surface area contributed by atoms with Crippen molar-refractivity contribution in [3.63, 3.8) is 0 Å². The van der Waals surface area contributed by atoms with E-state index in [1.54, 1.807) is 11.8 Å². The van der Waals surface area contributed by atoms with Gasteiger partial charge < -0.3 is 20.1 Å². The SMILES string of the molecule is CC(=O)N[C@@H]1[C@@H](C)C=C(C(=O)O)O[C@H]1C(=O)N1[C@@H](C)CC[C@@H]1C. The maximum absolute atomic E-state index is 13.0. The van der Waals surface area contributed by atoms with Crippen molar-refractivity contribution in [1.29, 1.82) is 0 Å². The second kappa shape index (κ2) is 6.60. The summed E-state index contributed by atoms with van der Waals surface area (Å²) < 4.78 is 5.46. The highest BCUT2D eigenvalue weighted by Crippen LogP contribution is 2.29. The summed E-state index contributed by atoms with van der Waals surface area (Å²) in [5.41, 5.74) is 0. The van der Waals surface area contributed by atoms with E-state index in [2.05, 4.69) is 5.32 Å². The molecule has 2 aliphatic heterocycles. The van der Waals surface area contributed by atoms with Gasteiger partial charge in [0.1, 0.15) is 0 Å². The summed E-state index contributed by atoms with van der Waals surface area (Å²) in [6.45, 7) is 7.07. The first-order chi connectivity index (χ1) is 10.7. The predicted molar refractivity (Wildman–Crippen MR) is 82.4 cm³/mol. The van der Waals surface area contributed by atoms with E-state index < -0.39 is 18.1 Å². The van der Waals surface area contributed by atoms with Gasteiger partial charge in [0.05, 0.1) is 6.04 Å². The lowest BCUT2D eigenvalue weighted by Gasteiger charge is -2.38. The zero-order valence-corrected chi connectivity index (χ0v) is 13.9. The number of rotatable bonds is 3. The number of amides is 2. The Morgan fingerprint density at radius 1 is 1.22 bits per heavy atom. The van der Waals surface area contributed by atoms with Gasteiger partial charge in [-0.15, -0.1) is 0 Å². The van der Waals surface area contributed by atoms with Crippen molar-refractivity contribution in [2.24, 2.45) is 5.92 Å². The number of ether oxygens (including phenoxy) is 1. The van der Waals surface area contributed by atoms with E-state index in [1.165, 1.54) is 13.0 Å². The monoisotopic (exact) mass is 324 g/mol. The van der Waals surface area contributed by atoms with E-state index in [-0.39, 0.29) is 35.6 Å². The van der Waals surface area contributed by atoms with Crippen LogP contribution < -0.4 is 5.32 Å². The largest absolute Gasteiger partial charge is 0.475 e. The Morgan fingerprint density at radius 2 is 1.78 bits per heavy atom. The minimum atomic E-state index is -1.21. The molecule has 2 heterocycles. The fraction of sp³-hybridized carbons (Fsp3) is 0.688. The Balaban J connectivity index is 2.31. The first kappa shape index (κ1) is 17.3. The smallest absolute Gasteiger partial charge is 0.370 e. The van der Waals surface area contributed by atoms with Crippen LogP contribution in [-0.4, -0.2) is 52.0 Å². The van der Waals surface area contributed by atoms with Crippen molar-refractivity contribution in [2.45, 2.75) is 64.8 Å². The molecular weight excluding hydrogens is 300 g/mol. The molecule has 0 aromatic rings. The highest BCUT2D eigenvalue weighted by Gasteiger charge is 2.44. The van der Waals surface area contributed by atoms with Crippen LogP contribution in [0.5, 0.6) is 0 Å². The summed E-state index contributed by atoms with van der Waals surface area (Å²) in [4.78, 5) is 37.4. The minimum absolute atomic E-state index is 0.0774. The Bertz CT molecular complexity index is 535. The topological polar surface area (TPSA) is 95.9 Å². The van der Waals surface area contributed by atoms with Crippen LogP contribution >= 0.6 is 0 Å². The summed E-state index contributed by atoms with van der Waals surface area (Å²) >= 11 is 0. The molecule has 5 atom stereocenters. The molecule has 23 heavy (non-hydrogen) atoms. The summed E-state index contributed by atoms with van der Waals surface area (Å²) in [5, 5.41) is 11.9. The lowest BCUT2D eigenvalue weighted by atomic mass is 9.92. The average molecular weight is 324 g/mol. The zero-order valence-electron chi connectivity index (χ0n) is 13.9. The van der Waals surface area contributed by atoms with Gasteiger partial charge in [0.15, 0.2) is 6.10 Å². The number of nitrogens with zero attached hydrogens (tertiary/aromatic N) is 1. The summed E-state index contributed by atoms with van der Waals surface area (Å²) in [7, 11) is 0. The predicted octanol–water partition coefficient (Wildman–Crippen LogP) is 0.894. The first-order valence-corrected chi connectivity index (χ1v) is 7.93. The van der Waals surface area contributed by atoms with Gasteiger partial charge in [-0.2, -0.15) is 0 Å². The molecule has 0 aromatic carbocycles. The maximum Gasteiger partial charge on any atom is 0.370 e. The molecular formula is C16H24N2O5. The minimum Gasteiger partial charge on any atom is -0.475 e. The quantitative estimate of drug-likeness (QED) is 0.804. The van der Waals surface area contributed by atoms with Gasteiger partial charge in [0, 0.05) is 24.9 Å². The Hall–Kier alpha value is -2.05. The number of carboxylic acid groups (broad SMARTS) is 1. The average Bonchev–Trinajstić information content (AvgIpc) is 2.78. The molecule has 1 fully saturated rings. The van der Waals surface area contributed by atoms with Crippen molar-refractivity contribution in [3.8, 4) is 0 Å². The van der Waals surface area contributed by atoms with Crippen LogP contribution in [0.2, 0.25) is 0 Å². The van der Waals surface area contributed by atoms with Crippen LogP contribution in [0, 0.1) is 5.92 Å². The summed E-state index contributed by atoms with van der Waals surface area (Å²) in [6.07, 6.45) is 2.22. The zero-order chi connectivity index (χ0) is 17.3. The van der Waals surface area contributed by atoms with Crippen LogP contribution in [0.15, 0.2) is 11.8 Å². The third kappa shape index (κ3) is 3.48. The Labute approximate surface area is 135 Å². The molecule has 0 radical (unpaired) electrons. The summed E-state index contributed by atoms with van der Waals surface area (Å²) in [5.74, 6) is -2.31. The van der Waals surface area contributed by atoms with E-state index >= 15 is 0 Å². The molecule has 1 saturated heterocycles. The third-order valence-electron chi connectivity index (χ3n) is 4.59. The fourth-order valence-corrected chi connectivity index (χ4v) is 3.41. The van der Waals surface area contributed by atoms with Crippen molar-refractivity contribution in [1.82, 2.24) is 10.2 Å². The van der Waals surface area contributed by atoms with Crippen LogP contribution in [0.25, 0.3) is 0 Å². The number of hydrogen-bond acceptors (Lipinski definition) is 4. The van der Waals surface area contributed by atoms with E-state index in [9.17, 15) is 19.5 Å². The van der Waals surface area contributed by atoms with Gasteiger partial charge in [-0.05, 0) is 32.8 Å². The first-order valence-electron chi connectivity index (χ1n) is 7.93. The third-order valence-corrected chi connectivity index (χ3v) is 4.59. The maximum atomic E-state index is 13.0. The number of likely N-dealkylation sites (tertiary alicyclic amines) is 1. The summed E-state index contributed by atoms with van der Waals surface area (Å²) in [6, 6.07) is -0.426. The number of aliphatic carboxylic acids is 1. The number of nitrogens with one attached hydrogen (secondary N) is 1.